The first kappa shape index (κ1) is 20.2. The first-order valence-corrected chi connectivity index (χ1v) is 10.3. The Bertz CT molecular complexity index is 355. The van der Waals surface area contributed by atoms with Gasteiger partial charge in [-0.15, -0.1) is 0 Å². The summed E-state index contributed by atoms with van der Waals surface area (Å²) in [5.74, 6) is 0.218. The molecular weight excluding hydrogens is 302 g/mol. The van der Waals surface area contributed by atoms with E-state index >= 15 is 0 Å². The molecule has 1 heterocycles. The van der Waals surface area contributed by atoms with Crippen LogP contribution in [0.4, 0.5) is 0 Å². The standard InChI is InChI=1S/C15H32BO5P/c1-5-8-10-18-22(17,11-9-6-2)21-15-14(20-16)12(4)13(7-3)19-15/h12-15H,5-11,16H2,1-4H3. The minimum Gasteiger partial charge on any atom is -0.436 e. The van der Waals surface area contributed by atoms with Crippen molar-refractivity contribution in [3.05, 3.63) is 0 Å². The molecule has 5 atom stereocenters. The number of hydrogen-bond acceptors (Lipinski definition) is 5. The SMILES string of the molecule is BOC1C(OP(=O)(CCCC)OCCCC)OC(CC)C1C. The fourth-order valence-corrected chi connectivity index (χ4v) is 4.61. The van der Waals surface area contributed by atoms with Gasteiger partial charge in [0.15, 0.2) is 6.29 Å². The van der Waals surface area contributed by atoms with Gasteiger partial charge in [0.2, 0.25) is 0 Å². The summed E-state index contributed by atoms with van der Waals surface area (Å²) in [5, 5.41) is 0. The molecule has 0 bridgehead atoms. The van der Waals surface area contributed by atoms with E-state index in [1.807, 2.05) is 0 Å². The molecule has 1 aliphatic heterocycles. The molecule has 0 radical (unpaired) electrons. The third-order valence-corrected chi connectivity index (χ3v) is 6.16. The Hall–Kier alpha value is 0.135. The Morgan fingerprint density at radius 2 is 1.86 bits per heavy atom. The molecule has 0 spiro atoms. The summed E-state index contributed by atoms with van der Waals surface area (Å²) in [6.07, 6.45) is 4.26. The molecule has 1 aliphatic rings. The van der Waals surface area contributed by atoms with Crippen LogP contribution in [0, 0.1) is 5.92 Å². The number of ether oxygens (including phenoxy) is 1. The van der Waals surface area contributed by atoms with Crippen molar-refractivity contribution >= 4 is 15.6 Å². The molecule has 0 saturated carbocycles. The van der Waals surface area contributed by atoms with Gasteiger partial charge in [0.05, 0.1) is 25.0 Å². The van der Waals surface area contributed by atoms with E-state index in [1.165, 1.54) is 0 Å². The lowest BCUT2D eigenvalue weighted by Gasteiger charge is -2.25. The first-order valence-electron chi connectivity index (χ1n) is 8.61. The van der Waals surface area contributed by atoms with Crippen LogP contribution in [0.25, 0.3) is 0 Å². The van der Waals surface area contributed by atoms with E-state index in [4.69, 9.17) is 18.4 Å². The van der Waals surface area contributed by atoms with Crippen molar-refractivity contribution < 1.29 is 23.0 Å². The first-order chi connectivity index (χ1) is 10.5. The van der Waals surface area contributed by atoms with Crippen LogP contribution in [-0.2, 0) is 23.0 Å². The summed E-state index contributed by atoms with van der Waals surface area (Å²) in [5.41, 5.74) is 0. The van der Waals surface area contributed by atoms with Crippen molar-refractivity contribution in [1.82, 2.24) is 0 Å². The van der Waals surface area contributed by atoms with Crippen LogP contribution >= 0.6 is 7.60 Å². The normalized spacial score (nSPS) is 31.3. The van der Waals surface area contributed by atoms with Crippen LogP contribution in [0.15, 0.2) is 0 Å². The minimum atomic E-state index is -3.13. The summed E-state index contributed by atoms with van der Waals surface area (Å²) < 4.78 is 35.9. The lowest BCUT2D eigenvalue weighted by atomic mass is 9.99. The zero-order chi connectivity index (χ0) is 16.6. The Balaban J connectivity index is 2.72. The molecule has 0 aromatic carbocycles. The quantitative estimate of drug-likeness (QED) is 0.329. The van der Waals surface area contributed by atoms with E-state index in [1.54, 1.807) is 8.05 Å². The van der Waals surface area contributed by atoms with Crippen molar-refractivity contribution in [2.75, 3.05) is 12.8 Å². The summed E-state index contributed by atoms with van der Waals surface area (Å²) >= 11 is 0. The number of rotatable bonds is 11. The Morgan fingerprint density at radius 3 is 2.41 bits per heavy atom. The monoisotopic (exact) mass is 334 g/mol. The van der Waals surface area contributed by atoms with Gasteiger partial charge < -0.3 is 13.9 Å². The van der Waals surface area contributed by atoms with Gasteiger partial charge in [0, 0.05) is 5.92 Å². The zero-order valence-electron chi connectivity index (χ0n) is 14.7. The van der Waals surface area contributed by atoms with Crippen molar-refractivity contribution in [2.45, 2.75) is 78.3 Å². The van der Waals surface area contributed by atoms with Gasteiger partial charge in [-0.1, -0.05) is 40.5 Å². The van der Waals surface area contributed by atoms with E-state index in [-0.39, 0.29) is 18.1 Å². The zero-order valence-corrected chi connectivity index (χ0v) is 15.6. The summed E-state index contributed by atoms with van der Waals surface area (Å²) in [7, 11) is -1.49. The lowest BCUT2D eigenvalue weighted by molar-refractivity contribution is -0.109. The summed E-state index contributed by atoms with van der Waals surface area (Å²) in [6.45, 7) is 8.77. The van der Waals surface area contributed by atoms with Crippen LogP contribution in [-0.4, -0.2) is 39.3 Å². The molecule has 1 saturated heterocycles. The van der Waals surface area contributed by atoms with Gasteiger partial charge in [-0.3, -0.25) is 9.09 Å². The second-order valence-corrected chi connectivity index (χ2v) is 8.13. The van der Waals surface area contributed by atoms with Crippen molar-refractivity contribution in [3.63, 3.8) is 0 Å². The average Bonchev–Trinajstić information content (AvgIpc) is 2.80. The molecule has 0 aliphatic carbocycles. The second-order valence-electron chi connectivity index (χ2n) is 5.99. The predicted octanol–water partition coefficient (Wildman–Crippen LogP) is 3.52. The third-order valence-electron chi connectivity index (χ3n) is 4.19. The maximum atomic E-state index is 13.0. The molecule has 22 heavy (non-hydrogen) atoms. The van der Waals surface area contributed by atoms with Gasteiger partial charge in [-0.25, -0.2) is 0 Å². The largest absolute Gasteiger partial charge is 0.436 e. The van der Waals surface area contributed by atoms with Crippen molar-refractivity contribution in [1.29, 1.82) is 0 Å². The predicted molar refractivity (Wildman–Crippen MR) is 90.9 cm³/mol. The van der Waals surface area contributed by atoms with Crippen LogP contribution in [0.2, 0.25) is 0 Å². The molecular formula is C15H32BO5P. The van der Waals surface area contributed by atoms with Gasteiger partial charge in [0.25, 0.3) is 8.05 Å². The molecule has 1 rings (SSSR count). The van der Waals surface area contributed by atoms with E-state index in [0.717, 1.165) is 32.1 Å². The molecule has 0 N–H and O–H groups in total. The average molecular weight is 334 g/mol. The second kappa shape index (κ2) is 10.1. The van der Waals surface area contributed by atoms with Gasteiger partial charge >= 0.3 is 7.60 Å². The van der Waals surface area contributed by atoms with E-state index in [9.17, 15) is 4.57 Å². The lowest BCUT2D eigenvalue weighted by Crippen LogP contribution is -2.30. The number of hydrogen-bond donors (Lipinski definition) is 0. The van der Waals surface area contributed by atoms with Gasteiger partial charge in [0.1, 0.15) is 0 Å². The van der Waals surface area contributed by atoms with Crippen molar-refractivity contribution in [2.24, 2.45) is 5.92 Å². The Labute approximate surface area is 136 Å². The topological polar surface area (TPSA) is 54.0 Å². The van der Waals surface area contributed by atoms with E-state index in [2.05, 4.69) is 27.7 Å². The van der Waals surface area contributed by atoms with Crippen LogP contribution in [0.1, 0.15) is 59.8 Å². The maximum Gasteiger partial charge on any atom is 0.333 e. The molecule has 0 amide bonds. The highest BCUT2D eigenvalue weighted by Gasteiger charge is 2.45. The highest BCUT2D eigenvalue weighted by molar-refractivity contribution is 7.53. The molecule has 5 unspecified atom stereocenters. The Kier molecular flexibility index (Phi) is 9.26. The molecule has 0 aromatic rings. The highest BCUT2D eigenvalue weighted by atomic mass is 31.2. The molecule has 0 aromatic heterocycles. The molecule has 130 valence electrons. The maximum absolute atomic E-state index is 13.0. The molecule has 7 heteroatoms. The van der Waals surface area contributed by atoms with Gasteiger partial charge in [-0.2, -0.15) is 0 Å². The fraction of sp³-hybridized carbons (Fsp3) is 1.00. The van der Waals surface area contributed by atoms with Crippen molar-refractivity contribution in [3.8, 4) is 0 Å². The fourth-order valence-electron chi connectivity index (χ4n) is 2.72. The van der Waals surface area contributed by atoms with Crippen LogP contribution < -0.4 is 0 Å². The van der Waals surface area contributed by atoms with Crippen LogP contribution in [0.5, 0.6) is 0 Å². The summed E-state index contributed by atoms with van der Waals surface area (Å²) in [4.78, 5) is 0. The number of unbranched alkanes of at least 4 members (excludes halogenated alkanes) is 2. The van der Waals surface area contributed by atoms with Crippen LogP contribution in [0.3, 0.4) is 0 Å². The van der Waals surface area contributed by atoms with E-state index in [0.29, 0.717) is 12.8 Å². The van der Waals surface area contributed by atoms with E-state index < -0.39 is 13.9 Å². The highest BCUT2D eigenvalue weighted by Crippen LogP contribution is 2.52. The Morgan fingerprint density at radius 1 is 1.18 bits per heavy atom. The molecule has 5 nitrogen and oxygen atoms in total. The van der Waals surface area contributed by atoms with Gasteiger partial charge in [-0.05, 0) is 19.3 Å². The minimum absolute atomic E-state index is 0.0743. The molecule has 1 fully saturated rings. The summed E-state index contributed by atoms with van der Waals surface area (Å²) in [6, 6.07) is 0. The smallest absolute Gasteiger partial charge is 0.333 e. The third kappa shape index (κ3) is 5.65.